The summed E-state index contributed by atoms with van der Waals surface area (Å²) in [6, 6.07) is 20.0. The lowest BCUT2D eigenvalue weighted by Crippen LogP contribution is -2.37. The number of nitrogens with two attached hydrogens (primary N) is 1. The minimum absolute atomic E-state index is 0.249. The maximum Gasteiger partial charge on any atom is 0.252 e. The van der Waals surface area contributed by atoms with Crippen molar-refractivity contribution >= 4 is 23.4 Å². The fourth-order valence-electron chi connectivity index (χ4n) is 2.88. The van der Waals surface area contributed by atoms with Crippen LogP contribution >= 0.6 is 11.6 Å². The third-order valence-corrected chi connectivity index (χ3v) is 4.83. The quantitative estimate of drug-likeness (QED) is 0.574. The minimum Gasteiger partial charge on any atom is -0.493 e. The van der Waals surface area contributed by atoms with E-state index in [2.05, 4.69) is 5.32 Å². The highest BCUT2D eigenvalue weighted by molar-refractivity contribution is 6.31. The van der Waals surface area contributed by atoms with E-state index in [0.29, 0.717) is 27.6 Å². The second-order valence-corrected chi connectivity index (χ2v) is 6.87. The Bertz CT molecular complexity index is 1040. The van der Waals surface area contributed by atoms with E-state index in [1.807, 2.05) is 24.3 Å². The second-order valence-electron chi connectivity index (χ2n) is 6.47. The van der Waals surface area contributed by atoms with Gasteiger partial charge in [0, 0.05) is 16.1 Å². The molecule has 30 heavy (non-hydrogen) atoms. The van der Waals surface area contributed by atoms with E-state index in [0.717, 1.165) is 5.56 Å². The summed E-state index contributed by atoms with van der Waals surface area (Å²) in [6.07, 6.45) is 0. The van der Waals surface area contributed by atoms with Crippen molar-refractivity contribution < 1.29 is 19.1 Å². The van der Waals surface area contributed by atoms with Gasteiger partial charge >= 0.3 is 0 Å². The van der Waals surface area contributed by atoms with E-state index in [1.54, 1.807) is 48.5 Å². The van der Waals surface area contributed by atoms with E-state index in [4.69, 9.17) is 26.8 Å². The first-order chi connectivity index (χ1) is 14.5. The van der Waals surface area contributed by atoms with Crippen molar-refractivity contribution in [2.75, 3.05) is 7.11 Å². The molecule has 6 nitrogen and oxygen atoms in total. The van der Waals surface area contributed by atoms with Gasteiger partial charge in [-0.1, -0.05) is 60.1 Å². The van der Waals surface area contributed by atoms with Crippen molar-refractivity contribution in [1.82, 2.24) is 5.32 Å². The Balaban J connectivity index is 1.75. The molecular formula is C23H21ClN2O4. The molecule has 154 valence electrons. The van der Waals surface area contributed by atoms with Crippen molar-refractivity contribution in [1.29, 1.82) is 0 Å². The number of rotatable bonds is 8. The molecule has 3 aromatic rings. The Morgan fingerprint density at radius 1 is 1.00 bits per heavy atom. The predicted molar refractivity (Wildman–Crippen MR) is 115 cm³/mol. The summed E-state index contributed by atoms with van der Waals surface area (Å²) in [4.78, 5) is 24.5. The molecule has 3 rings (SSSR count). The van der Waals surface area contributed by atoms with Crippen LogP contribution in [0.1, 0.15) is 27.5 Å². The van der Waals surface area contributed by atoms with Crippen LogP contribution in [0.4, 0.5) is 0 Å². The molecule has 0 saturated heterocycles. The van der Waals surface area contributed by atoms with Crippen LogP contribution in [0.15, 0.2) is 72.8 Å². The van der Waals surface area contributed by atoms with Crippen molar-refractivity contribution in [2.45, 2.75) is 12.6 Å². The fraction of sp³-hybridized carbons (Fsp3) is 0.130. The third-order valence-electron chi connectivity index (χ3n) is 4.46. The van der Waals surface area contributed by atoms with Crippen LogP contribution in [0, 0.1) is 0 Å². The molecule has 1 unspecified atom stereocenters. The highest BCUT2D eigenvalue weighted by Gasteiger charge is 2.21. The largest absolute Gasteiger partial charge is 0.493 e. The molecule has 1 atom stereocenters. The molecule has 0 fully saturated rings. The van der Waals surface area contributed by atoms with Gasteiger partial charge < -0.3 is 20.5 Å². The molecular weight excluding hydrogens is 404 g/mol. The first-order valence-corrected chi connectivity index (χ1v) is 9.56. The fourth-order valence-corrected chi connectivity index (χ4v) is 3.07. The smallest absolute Gasteiger partial charge is 0.252 e. The Kier molecular flexibility index (Phi) is 6.93. The van der Waals surface area contributed by atoms with Gasteiger partial charge in [0.25, 0.3) is 5.91 Å². The minimum atomic E-state index is -0.944. The number of nitrogens with one attached hydrogen (secondary N) is 1. The van der Waals surface area contributed by atoms with Crippen molar-refractivity contribution in [2.24, 2.45) is 5.73 Å². The Morgan fingerprint density at radius 2 is 1.70 bits per heavy atom. The van der Waals surface area contributed by atoms with Crippen LogP contribution in [0.25, 0.3) is 0 Å². The Labute approximate surface area is 179 Å². The normalized spacial score (nSPS) is 11.4. The van der Waals surface area contributed by atoms with Crippen LogP contribution in [-0.2, 0) is 11.4 Å². The van der Waals surface area contributed by atoms with Crippen LogP contribution < -0.4 is 20.5 Å². The molecule has 3 N–H and O–H groups in total. The molecule has 0 aliphatic carbocycles. The van der Waals surface area contributed by atoms with Gasteiger partial charge in [0.05, 0.1) is 7.11 Å². The van der Waals surface area contributed by atoms with Gasteiger partial charge in [-0.2, -0.15) is 0 Å². The van der Waals surface area contributed by atoms with Crippen LogP contribution in [-0.4, -0.2) is 18.9 Å². The maximum absolute atomic E-state index is 12.7. The number of carbonyl (C=O) groups excluding carboxylic acids is 2. The number of amides is 2. The van der Waals surface area contributed by atoms with Gasteiger partial charge in [0.1, 0.15) is 12.6 Å². The van der Waals surface area contributed by atoms with Crippen molar-refractivity contribution in [3.8, 4) is 11.5 Å². The van der Waals surface area contributed by atoms with Gasteiger partial charge in [-0.3, -0.25) is 9.59 Å². The second kappa shape index (κ2) is 9.80. The number of ether oxygens (including phenoxy) is 2. The molecule has 7 heteroatoms. The van der Waals surface area contributed by atoms with E-state index in [9.17, 15) is 9.59 Å². The molecule has 0 aliphatic heterocycles. The molecule has 3 aromatic carbocycles. The van der Waals surface area contributed by atoms with Crippen LogP contribution in [0.2, 0.25) is 5.02 Å². The maximum atomic E-state index is 12.7. The molecule has 0 aliphatic rings. The number of methoxy groups -OCH3 is 1. The zero-order valence-electron chi connectivity index (χ0n) is 16.3. The van der Waals surface area contributed by atoms with Crippen LogP contribution in [0.5, 0.6) is 11.5 Å². The number of hydrogen-bond acceptors (Lipinski definition) is 4. The van der Waals surface area contributed by atoms with Crippen molar-refractivity contribution in [3.05, 3.63) is 94.5 Å². The predicted octanol–water partition coefficient (Wildman–Crippen LogP) is 3.88. The molecule has 2 amide bonds. The standard InChI is InChI=1S/C23H21ClN2O4/c1-29-20-13-16(11-12-19(20)30-14-17-9-5-6-10-18(17)24)23(28)26-21(22(25)27)15-7-3-2-4-8-15/h2-13,21H,14H2,1H3,(H2,25,27)(H,26,28). The van der Waals surface area contributed by atoms with Gasteiger partial charge in [-0.05, 0) is 29.8 Å². The van der Waals surface area contributed by atoms with Crippen molar-refractivity contribution in [3.63, 3.8) is 0 Å². The molecule has 0 aromatic heterocycles. The Morgan fingerprint density at radius 3 is 2.37 bits per heavy atom. The summed E-state index contributed by atoms with van der Waals surface area (Å²) < 4.78 is 11.2. The summed E-state index contributed by atoms with van der Waals surface area (Å²) in [5.41, 5.74) is 7.21. The van der Waals surface area contributed by atoms with Gasteiger partial charge in [-0.25, -0.2) is 0 Å². The molecule has 0 heterocycles. The first-order valence-electron chi connectivity index (χ1n) is 9.19. The zero-order valence-corrected chi connectivity index (χ0v) is 17.1. The van der Waals surface area contributed by atoms with E-state index >= 15 is 0 Å². The SMILES string of the molecule is COc1cc(C(=O)NC(C(N)=O)c2ccccc2)ccc1OCc1ccccc1Cl. The summed E-state index contributed by atoms with van der Waals surface area (Å²) >= 11 is 6.15. The first kappa shape index (κ1) is 21.2. The van der Waals surface area contributed by atoms with E-state index in [1.165, 1.54) is 7.11 Å². The number of carbonyl (C=O) groups is 2. The monoisotopic (exact) mass is 424 g/mol. The summed E-state index contributed by atoms with van der Waals surface area (Å²) in [5.74, 6) is -0.270. The summed E-state index contributed by atoms with van der Waals surface area (Å²) in [5, 5.41) is 3.26. The lowest BCUT2D eigenvalue weighted by Gasteiger charge is -2.17. The molecule has 0 spiro atoms. The zero-order chi connectivity index (χ0) is 21.5. The molecule has 0 bridgehead atoms. The van der Waals surface area contributed by atoms with E-state index in [-0.39, 0.29) is 6.61 Å². The lowest BCUT2D eigenvalue weighted by atomic mass is 10.1. The Hall–Kier alpha value is -3.51. The highest BCUT2D eigenvalue weighted by Crippen LogP contribution is 2.30. The number of primary amides is 1. The lowest BCUT2D eigenvalue weighted by molar-refractivity contribution is -0.120. The molecule has 0 radical (unpaired) electrons. The average molecular weight is 425 g/mol. The van der Waals surface area contributed by atoms with Crippen LogP contribution in [0.3, 0.4) is 0 Å². The highest BCUT2D eigenvalue weighted by atomic mass is 35.5. The summed E-state index contributed by atoms with van der Waals surface area (Å²) in [6.45, 7) is 0.249. The summed E-state index contributed by atoms with van der Waals surface area (Å²) in [7, 11) is 1.48. The topological polar surface area (TPSA) is 90.6 Å². The number of benzene rings is 3. The average Bonchev–Trinajstić information content (AvgIpc) is 2.77. The number of hydrogen-bond donors (Lipinski definition) is 2. The molecule has 0 saturated carbocycles. The van der Waals surface area contributed by atoms with Gasteiger partial charge in [0.15, 0.2) is 11.5 Å². The third kappa shape index (κ3) is 5.10. The number of halogens is 1. The van der Waals surface area contributed by atoms with Gasteiger partial charge in [-0.15, -0.1) is 0 Å². The van der Waals surface area contributed by atoms with E-state index < -0.39 is 17.9 Å². The van der Waals surface area contributed by atoms with Gasteiger partial charge in [0.2, 0.25) is 5.91 Å².